The first-order valence-electron chi connectivity index (χ1n) is 11.8. The summed E-state index contributed by atoms with van der Waals surface area (Å²) in [6, 6.07) is 11.4. The Morgan fingerprint density at radius 2 is 1.93 bits per heavy atom. The van der Waals surface area contributed by atoms with Crippen LogP contribution in [-0.2, 0) is 19.1 Å². The van der Waals surface area contributed by atoms with Crippen molar-refractivity contribution in [3.63, 3.8) is 0 Å². The molecule has 3 heterocycles. The molecule has 0 saturated carbocycles. The second-order valence-corrected chi connectivity index (χ2v) is 11.9. The van der Waals surface area contributed by atoms with Crippen molar-refractivity contribution in [2.24, 2.45) is 11.1 Å². The summed E-state index contributed by atoms with van der Waals surface area (Å²) in [6.45, 7) is -0.165. The number of aromatic hydroxyl groups is 1. The highest BCUT2D eigenvalue weighted by Crippen LogP contribution is 2.56. The fourth-order valence-corrected chi connectivity index (χ4v) is 7.89. The Bertz CT molecular complexity index is 1410. The van der Waals surface area contributed by atoms with Crippen molar-refractivity contribution in [3.8, 4) is 5.75 Å². The number of aliphatic carboxylic acids is 1. The molecule has 13 nitrogen and oxygen atoms in total. The Hall–Kier alpha value is -3.37. The summed E-state index contributed by atoms with van der Waals surface area (Å²) in [7, 11) is 1.30. The largest absolute Gasteiger partial charge is 0.508 e. The molecule has 3 aromatic rings. The number of benzene rings is 2. The number of tetrazole rings is 1. The van der Waals surface area contributed by atoms with Crippen LogP contribution in [0.3, 0.4) is 0 Å². The number of carbonyl (C=O) groups excluding carboxylic acids is 2. The fraction of sp³-hybridized carbons (Fsp3) is 0.333. The van der Waals surface area contributed by atoms with E-state index in [0.29, 0.717) is 16.1 Å². The van der Waals surface area contributed by atoms with E-state index < -0.39 is 45.6 Å². The van der Waals surface area contributed by atoms with Gasteiger partial charge >= 0.3 is 5.97 Å². The maximum atomic E-state index is 13.6. The molecule has 0 aliphatic carbocycles. The molecule has 5 rings (SSSR count). The molecule has 2 aromatic carbocycles. The van der Waals surface area contributed by atoms with E-state index >= 15 is 0 Å². The Kier molecular flexibility index (Phi) is 7.67. The summed E-state index contributed by atoms with van der Waals surface area (Å²) in [5.74, 6) is -2.29. The van der Waals surface area contributed by atoms with Gasteiger partial charge in [-0.3, -0.25) is 14.4 Å². The van der Waals surface area contributed by atoms with Crippen molar-refractivity contribution >= 4 is 52.9 Å². The van der Waals surface area contributed by atoms with E-state index in [2.05, 4.69) is 25.9 Å². The number of methoxy groups -OCH3 is 1. The highest BCUT2D eigenvalue weighted by atomic mass is 35.5. The topological polar surface area (TPSA) is 197 Å². The van der Waals surface area contributed by atoms with Gasteiger partial charge in [0.05, 0.1) is 5.25 Å². The molecule has 6 N–H and O–H groups in total. The lowest BCUT2D eigenvalue weighted by atomic mass is 9.80. The molecule has 2 amide bonds. The highest BCUT2D eigenvalue weighted by Gasteiger charge is 2.69. The molecule has 2 aliphatic heterocycles. The third-order valence-electron chi connectivity index (χ3n) is 6.98. The zero-order valence-electron chi connectivity index (χ0n) is 20.9. The van der Waals surface area contributed by atoms with E-state index in [0.717, 1.165) is 11.8 Å². The van der Waals surface area contributed by atoms with Crippen LogP contribution in [0, 0.1) is 5.41 Å². The lowest BCUT2D eigenvalue weighted by Gasteiger charge is -2.59. The number of rotatable bonds is 9. The lowest BCUT2D eigenvalue weighted by Crippen LogP contribution is -2.83. The first-order valence-corrected chi connectivity index (χ1v) is 14.2. The monoisotopic (exact) mass is 605 g/mol. The van der Waals surface area contributed by atoms with Crippen molar-refractivity contribution < 1.29 is 29.3 Å². The summed E-state index contributed by atoms with van der Waals surface area (Å²) >= 11 is 8.37. The molecule has 1 aromatic heterocycles. The number of ether oxygens (including phenoxy) is 1. The number of H-pyrrole nitrogens is 1. The zero-order chi connectivity index (χ0) is 28.7. The number of hydrogen-bond donors (Lipinski definition) is 5. The van der Waals surface area contributed by atoms with E-state index in [4.69, 9.17) is 22.1 Å². The Labute approximate surface area is 241 Å². The van der Waals surface area contributed by atoms with Gasteiger partial charge in [0.15, 0.2) is 0 Å². The number of nitrogens with one attached hydrogen (secondary N) is 2. The molecule has 2 aliphatic rings. The van der Waals surface area contributed by atoms with E-state index in [9.17, 15) is 24.6 Å². The number of nitrogens with zero attached hydrogens (tertiary/aromatic N) is 4. The number of carboxylic acids is 1. The molecule has 0 radical (unpaired) electrons. The van der Waals surface area contributed by atoms with Gasteiger partial charge in [0.2, 0.25) is 11.1 Å². The molecule has 0 spiro atoms. The number of aromatic nitrogens is 4. The van der Waals surface area contributed by atoms with Crippen LogP contribution in [0.1, 0.15) is 22.4 Å². The van der Waals surface area contributed by atoms with Crippen LogP contribution in [0.15, 0.2) is 53.7 Å². The summed E-state index contributed by atoms with van der Waals surface area (Å²) in [6.07, 6.45) is 0. The van der Waals surface area contributed by atoms with Crippen LogP contribution in [-0.4, -0.2) is 84.0 Å². The van der Waals surface area contributed by atoms with Crippen LogP contribution >= 0.6 is 35.1 Å². The standard InChI is InChI=1S/C24H24ClN7O6S2/c1-38-24(27-18(34)16(26)12-4-8-15(33)9-5-12)19(35)32-10-23(21(36)37,11-39-20(24)32)17(40-22-28-30-31-29-22)13-2-6-14(25)7-3-13/h2-9,16-17,20,33H,10-11,26H2,1H3,(H,27,34)(H,36,37)(H,28,29,30,31)/t16?,17?,20-,23?,24?/m1/s1. The van der Waals surface area contributed by atoms with Crippen LogP contribution in [0.4, 0.5) is 0 Å². The van der Waals surface area contributed by atoms with Gasteiger partial charge < -0.3 is 30.9 Å². The molecule has 16 heteroatoms. The summed E-state index contributed by atoms with van der Waals surface area (Å²) in [5, 5.41) is 35.9. The maximum Gasteiger partial charge on any atom is 0.313 e. The second kappa shape index (κ2) is 10.9. The van der Waals surface area contributed by atoms with Crippen LogP contribution in [0.2, 0.25) is 5.02 Å². The number of carboxylic acid groups (broad SMARTS) is 1. The number of nitrogens with two attached hydrogens (primary N) is 1. The number of β-lactam (4-membered cyclic amide) rings is 1. The van der Waals surface area contributed by atoms with Gasteiger partial charge in [-0.15, -0.1) is 22.0 Å². The predicted molar refractivity (Wildman–Crippen MR) is 145 cm³/mol. The minimum Gasteiger partial charge on any atom is -0.508 e. The number of carbonyl (C=O) groups is 3. The van der Waals surface area contributed by atoms with E-state index in [-0.39, 0.29) is 23.2 Å². The van der Waals surface area contributed by atoms with Crippen molar-refractivity contribution in [1.29, 1.82) is 0 Å². The number of phenols is 1. The molecule has 2 saturated heterocycles. The van der Waals surface area contributed by atoms with Gasteiger partial charge in [0, 0.05) is 24.4 Å². The van der Waals surface area contributed by atoms with E-state index in [1.807, 2.05) is 0 Å². The zero-order valence-corrected chi connectivity index (χ0v) is 23.2. The molecule has 210 valence electrons. The molecule has 4 unspecified atom stereocenters. The summed E-state index contributed by atoms with van der Waals surface area (Å²) < 4.78 is 5.56. The third kappa shape index (κ3) is 4.77. The first kappa shape index (κ1) is 28.2. The van der Waals surface area contributed by atoms with E-state index in [1.54, 1.807) is 24.3 Å². The van der Waals surface area contributed by atoms with Crippen LogP contribution < -0.4 is 11.1 Å². The minimum absolute atomic E-state index is 0.0180. The second-order valence-electron chi connectivity index (χ2n) is 9.30. The quantitative estimate of drug-likeness (QED) is 0.134. The number of halogens is 1. The molecule has 2 fully saturated rings. The smallest absolute Gasteiger partial charge is 0.313 e. The highest BCUT2D eigenvalue weighted by molar-refractivity contribution is 8.00. The first-order chi connectivity index (χ1) is 19.1. The Morgan fingerprint density at radius 1 is 1.25 bits per heavy atom. The van der Waals surface area contributed by atoms with Gasteiger partial charge in [0.25, 0.3) is 11.6 Å². The average molecular weight is 606 g/mol. The lowest BCUT2D eigenvalue weighted by molar-refractivity contribution is -0.201. The molecule has 0 bridgehead atoms. The van der Waals surface area contributed by atoms with Gasteiger partial charge in [-0.25, -0.2) is 0 Å². The van der Waals surface area contributed by atoms with Gasteiger partial charge in [-0.1, -0.05) is 47.6 Å². The van der Waals surface area contributed by atoms with Crippen molar-refractivity contribution in [1.82, 2.24) is 30.8 Å². The molecular weight excluding hydrogens is 582 g/mol. The van der Waals surface area contributed by atoms with Gasteiger partial charge in [0.1, 0.15) is 22.6 Å². The number of thioether (sulfide) groups is 2. The number of amides is 2. The van der Waals surface area contributed by atoms with Gasteiger partial charge in [-0.2, -0.15) is 5.21 Å². The van der Waals surface area contributed by atoms with Gasteiger partial charge in [-0.05, 0) is 40.6 Å². The molecule has 5 atom stereocenters. The SMILES string of the molecule is COC1(NC(=O)C(N)c2ccc(O)cc2)C(=O)N2CC(C(=O)O)(C(Sc3nn[nH]n3)c3ccc(Cl)cc3)CS[C@@H]21. The fourth-order valence-electron chi connectivity index (χ4n) is 4.81. The average Bonchev–Trinajstić information content (AvgIpc) is 3.48. The normalized spacial score (nSPS) is 25.4. The number of hydrogen-bond acceptors (Lipinski definition) is 11. The van der Waals surface area contributed by atoms with E-state index in [1.165, 1.54) is 48.0 Å². The number of aromatic amines is 1. The Morgan fingerprint density at radius 3 is 2.52 bits per heavy atom. The van der Waals surface area contributed by atoms with Crippen molar-refractivity contribution in [3.05, 3.63) is 64.7 Å². The summed E-state index contributed by atoms with van der Waals surface area (Å²) in [4.78, 5) is 41.0. The van der Waals surface area contributed by atoms with Crippen molar-refractivity contribution in [2.45, 2.75) is 27.5 Å². The number of fused-ring (bicyclic) bond motifs is 1. The predicted octanol–water partition coefficient (Wildman–Crippen LogP) is 1.54. The maximum absolute atomic E-state index is 13.6. The number of phenolic OH excluding ortho intramolecular Hbond substituents is 1. The molecule has 40 heavy (non-hydrogen) atoms. The third-order valence-corrected chi connectivity index (χ3v) is 10.2. The van der Waals surface area contributed by atoms with Crippen molar-refractivity contribution in [2.75, 3.05) is 19.4 Å². The van der Waals surface area contributed by atoms with Crippen LogP contribution in [0.25, 0.3) is 0 Å². The Balaban J connectivity index is 1.41. The molecular formula is C24H24ClN7O6S2. The minimum atomic E-state index is -1.72. The van der Waals surface area contributed by atoms with Crippen LogP contribution in [0.5, 0.6) is 5.75 Å². The summed E-state index contributed by atoms with van der Waals surface area (Å²) in [5.41, 5.74) is 4.00.